The zero-order valence-corrected chi connectivity index (χ0v) is 23.4. The lowest BCUT2D eigenvalue weighted by Crippen LogP contribution is -2.66. The van der Waals surface area contributed by atoms with Gasteiger partial charge in [0.1, 0.15) is 23.9 Å². The number of ether oxygens (including phenoxy) is 5. The first-order valence-electron chi connectivity index (χ1n) is 13.3. The van der Waals surface area contributed by atoms with Gasteiger partial charge in [0.2, 0.25) is 0 Å². The largest absolute Gasteiger partial charge is 0.461 e. The number of hydrogen-bond acceptors (Lipinski definition) is 11. The van der Waals surface area contributed by atoms with E-state index >= 15 is 0 Å². The van der Waals surface area contributed by atoms with E-state index in [-0.39, 0.29) is 12.8 Å². The Hall–Kier alpha value is -2.76. The quantitative estimate of drug-likeness (QED) is 0.222. The molecule has 0 saturated carbocycles. The number of aliphatic hydroxyl groups is 2. The Bertz CT molecular complexity index is 1120. The average Bonchev–Trinajstić information content (AvgIpc) is 3.40. The summed E-state index contributed by atoms with van der Waals surface area (Å²) in [5.41, 5.74) is -5.85. The Morgan fingerprint density at radius 1 is 1.10 bits per heavy atom. The van der Waals surface area contributed by atoms with Crippen LogP contribution in [0.4, 0.5) is 0 Å². The van der Waals surface area contributed by atoms with Gasteiger partial charge in [-0.25, -0.2) is 4.79 Å². The maximum Gasteiger partial charge on any atom is 0.342 e. The minimum Gasteiger partial charge on any atom is -0.461 e. The first kappa shape index (κ1) is 29.2. The van der Waals surface area contributed by atoms with Crippen molar-refractivity contribution >= 4 is 23.9 Å². The van der Waals surface area contributed by atoms with E-state index in [9.17, 15) is 29.4 Å². The lowest BCUT2D eigenvalue weighted by atomic mass is 9.55. The van der Waals surface area contributed by atoms with Gasteiger partial charge in [-0.3, -0.25) is 14.4 Å². The molecular formula is C28H38O11. The Kier molecular flexibility index (Phi) is 7.27. The normalized spacial score (nSPS) is 45.9. The van der Waals surface area contributed by atoms with Crippen LogP contribution in [0.3, 0.4) is 0 Å². The molecule has 11 nitrogen and oxygen atoms in total. The topological polar surface area (TPSA) is 158 Å². The molecule has 2 aliphatic carbocycles. The van der Waals surface area contributed by atoms with Crippen LogP contribution in [-0.4, -0.2) is 81.4 Å². The zero-order valence-electron chi connectivity index (χ0n) is 23.4. The van der Waals surface area contributed by atoms with Crippen LogP contribution in [0, 0.1) is 11.3 Å². The first-order valence-corrected chi connectivity index (χ1v) is 13.3. The number of esters is 4. The van der Waals surface area contributed by atoms with Gasteiger partial charge in [0, 0.05) is 38.0 Å². The van der Waals surface area contributed by atoms with Crippen molar-refractivity contribution in [3.8, 4) is 0 Å². The maximum atomic E-state index is 12.9. The van der Waals surface area contributed by atoms with Gasteiger partial charge in [-0.1, -0.05) is 19.9 Å². The molecule has 0 radical (unpaired) electrons. The highest BCUT2D eigenvalue weighted by Crippen LogP contribution is 2.64. The van der Waals surface area contributed by atoms with Crippen molar-refractivity contribution in [2.45, 2.75) is 115 Å². The molecule has 0 aromatic rings. The van der Waals surface area contributed by atoms with Crippen molar-refractivity contribution < 1.29 is 53.1 Å². The SMILES string of the molecule is CCCC(=O)O[C@H]1C=C[C@]2(C)[C@H](OC(C)=O)C[C@@H](OC(C)=O)/C(C)=C\[C@@H]3OC(=O)[C@]4(C)O[C@]34[C@H](O)[C@H]2[C@@]1(C)O. The molecule has 0 unspecified atom stereocenters. The molecule has 2 fully saturated rings. The predicted molar refractivity (Wildman–Crippen MR) is 134 cm³/mol. The average molecular weight is 551 g/mol. The van der Waals surface area contributed by atoms with Crippen LogP contribution in [0.15, 0.2) is 23.8 Å². The summed E-state index contributed by atoms with van der Waals surface area (Å²) in [5.74, 6) is -3.62. The lowest BCUT2D eigenvalue weighted by Gasteiger charge is -2.54. The molecule has 4 aliphatic rings. The molecule has 0 aromatic heterocycles. The molecule has 10 atom stereocenters. The molecule has 2 aliphatic heterocycles. The summed E-state index contributed by atoms with van der Waals surface area (Å²) >= 11 is 0. The third-order valence-corrected chi connectivity index (χ3v) is 8.76. The Morgan fingerprint density at radius 3 is 2.31 bits per heavy atom. The summed E-state index contributed by atoms with van der Waals surface area (Å²) in [4.78, 5) is 49.7. The minimum absolute atomic E-state index is 0.0201. The highest BCUT2D eigenvalue weighted by molar-refractivity contribution is 5.89. The Labute approximate surface area is 227 Å². The predicted octanol–water partition coefficient (Wildman–Crippen LogP) is 1.67. The molecule has 2 saturated heterocycles. The minimum atomic E-state index is -1.92. The standard InChI is InChI=1S/C28H38O11/c1-8-9-21(31)37-18-10-11-25(5)19(36-16(4)30)13-17(35-15(3)29)14(2)12-20-28(23(32)22(25)26(18,6)34)27(7,39-28)24(33)38-20/h10-12,17-20,22-23,32,34H,8-9,13H2,1-7H3/b14-12-/t17-,18+,19-,20+,22-,23-,25-,26+,27+,28+/m1/s1. The van der Waals surface area contributed by atoms with E-state index in [4.69, 9.17) is 23.7 Å². The Morgan fingerprint density at radius 2 is 1.74 bits per heavy atom. The lowest BCUT2D eigenvalue weighted by molar-refractivity contribution is -0.213. The maximum absolute atomic E-state index is 12.9. The van der Waals surface area contributed by atoms with Crippen LogP contribution in [0.25, 0.3) is 0 Å². The van der Waals surface area contributed by atoms with Gasteiger partial charge in [-0.05, 0) is 44.9 Å². The second kappa shape index (κ2) is 9.71. The van der Waals surface area contributed by atoms with Crippen molar-refractivity contribution in [1.29, 1.82) is 0 Å². The van der Waals surface area contributed by atoms with E-state index in [0.717, 1.165) is 0 Å². The fraction of sp³-hybridized carbons (Fsp3) is 0.714. The van der Waals surface area contributed by atoms with Crippen molar-refractivity contribution in [2.24, 2.45) is 11.3 Å². The summed E-state index contributed by atoms with van der Waals surface area (Å²) in [6.07, 6.45) is -0.326. The van der Waals surface area contributed by atoms with Gasteiger partial charge in [-0.2, -0.15) is 0 Å². The number of epoxide rings is 1. The summed E-state index contributed by atoms with van der Waals surface area (Å²) in [5, 5.41) is 24.2. The van der Waals surface area contributed by atoms with E-state index in [0.29, 0.717) is 12.0 Å². The van der Waals surface area contributed by atoms with Crippen molar-refractivity contribution in [3.63, 3.8) is 0 Å². The van der Waals surface area contributed by atoms with Crippen LogP contribution < -0.4 is 0 Å². The number of carbonyl (C=O) groups is 4. The van der Waals surface area contributed by atoms with Crippen LogP contribution in [0.1, 0.15) is 67.7 Å². The Balaban J connectivity index is 1.93. The highest BCUT2D eigenvalue weighted by atomic mass is 16.7. The van der Waals surface area contributed by atoms with Crippen molar-refractivity contribution in [1.82, 2.24) is 0 Å². The van der Waals surface area contributed by atoms with Gasteiger partial charge in [0.15, 0.2) is 17.3 Å². The van der Waals surface area contributed by atoms with E-state index in [1.54, 1.807) is 26.0 Å². The molecule has 1 spiro atoms. The summed E-state index contributed by atoms with van der Waals surface area (Å²) < 4.78 is 28.6. The van der Waals surface area contributed by atoms with Crippen LogP contribution in [0.5, 0.6) is 0 Å². The van der Waals surface area contributed by atoms with E-state index in [1.165, 1.54) is 33.8 Å². The van der Waals surface area contributed by atoms with Gasteiger partial charge in [0.05, 0.1) is 6.10 Å². The van der Waals surface area contributed by atoms with Gasteiger partial charge >= 0.3 is 23.9 Å². The smallest absolute Gasteiger partial charge is 0.342 e. The molecule has 0 amide bonds. The molecule has 39 heavy (non-hydrogen) atoms. The summed E-state index contributed by atoms with van der Waals surface area (Å²) in [6, 6.07) is 0. The second-order valence-electron chi connectivity index (χ2n) is 11.6. The van der Waals surface area contributed by atoms with Crippen molar-refractivity contribution in [2.75, 3.05) is 0 Å². The monoisotopic (exact) mass is 550 g/mol. The second-order valence-corrected chi connectivity index (χ2v) is 11.6. The molecule has 2 heterocycles. The first-order chi connectivity index (χ1) is 18.0. The summed E-state index contributed by atoms with van der Waals surface area (Å²) in [7, 11) is 0. The van der Waals surface area contributed by atoms with Crippen LogP contribution >= 0.6 is 0 Å². The number of carbonyl (C=O) groups excluding carboxylic acids is 4. The fourth-order valence-electron chi connectivity index (χ4n) is 6.70. The third-order valence-electron chi connectivity index (χ3n) is 8.76. The van der Waals surface area contributed by atoms with E-state index in [1.807, 2.05) is 6.92 Å². The summed E-state index contributed by atoms with van der Waals surface area (Å²) in [6.45, 7) is 10.6. The van der Waals surface area contributed by atoms with Gasteiger partial charge in [-0.15, -0.1) is 0 Å². The number of hydrogen-bond donors (Lipinski definition) is 2. The highest BCUT2D eigenvalue weighted by Gasteiger charge is 2.86. The van der Waals surface area contributed by atoms with Gasteiger partial charge in [0.25, 0.3) is 0 Å². The molecule has 2 N–H and O–H groups in total. The molecule has 0 aromatic carbocycles. The van der Waals surface area contributed by atoms with Crippen molar-refractivity contribution in [3.05, 3.63) is 23.8 Å². The number of aliphatic hydroxyl groups excluding tert-OH is 1. The molecule has 4 rings (SSSR count). The van der Waals surface area contributed by atoms with Crippen LogP contribution in [-0.2, 0) is 42.9 Å². The van der Waals surface area contributed by atoms with Gasteiger partial charge < -0.3 is 33.9 Å². The van der Waals surface area contributed by atoms with E-state index in [2.05, 4.69) is 0 Å². The third kappa shape index (κ3) is 4.48. The molecule has 216 valence electrons. The molecular weight excluding hydrogens is 512 g/mol. The molecule has 0 bridgehead atoms. The number of rotatable bonds is 5. The zero-order chi connectivity index (χ0) is 29.1. The molecule has 11 heteroatoms. The fourth-order valence-corrected chi connectivity index (χ4v) is 6.70. The number of fused-ring (bicyclic) bond motifs is 1. The van der Waals surface area contributed by atoms with Crippen LogP contribution in [0.2, 0.25) is 0 Å². The van der Waals surface area contributed by atoms with E-state index < -0.39 is 82.5 Å².